The molecule has 0 unspecified atom stereocenters. The summed E-state index contributed by atoms with van der Waals surface area (Å²) in [7, 11) is 0. The van der Waals surface area contributed by atoms with Crippen molar-refractivity contribution in [2.24, 2.45) is 0 Å². The van der Waals surface area contributed by atoms with Crippen LogP contribution in [0.15, 0.2) is 40.8 Å². The van der Waals surface area contributed by atoms with Crippen LogP contribution in [0.3, 0.4) is 0 Å². The van der Waals surface area contributed by atoms with E-state index in [2.05, 4.69) is 0 Å². The Morgan fingerprint density at radius 2 is 1.96 bits per heavy atom. The van der Waals surface area contributed by atoms with Crippen LogP contribution in [0.4, 0.5) is 13.2 Å². The van der Waals surface area contributed by atoms with Crippen LogP contribution in [-0.2, 0) is 6.18 Å². The smallest absolute Gasteiger partial charge is 0.416 e. The number of halogens is 3. The fourth-order valence-corrected chi connectivity index (χ4v) is 3.07. The molecule has 0 aliphatic carbocycles. The van der Waals surface area contributed by atoms with Crippen LogP contribution >= 0.6 is 0 Å². The second-order valence-electron chi connectivity index (χ2n) is 5.86. The molecule has 1 N–H and O–H groups in total. The molecule has 3 rings (SSSR count). The van der Waals surface area contributed by atoms with Crippen LogP contribution in [0.1, 0.15) is 39.9 Å². The Labute approximate surface area is 136 Å². The molecular formula is C17H16F3NO3. The maximum Gasteiger partial charge on any atom is 0.416 e. The lowest BCUT2D eigenvalue weighted by Gasteiger charge is -2.26. The van der Waals surface area contributed by atoms with E-state index in [1.54, 1.807) is 13.0 Å². The summed E-state index contributed by atoms with van der Waals surface area (Å²) in [5.74, 6) is 0.0584. The van der Waals surface area contributed by atoms with E-state index in [0.717, 1.165) is 6.07 Å². The quantitative estimate of drug-likeness (QED) is 0.910. The van der Waals surface area contributed by atoms with Crippen molar-refractivity contribution in [2.45, 2.75) is 31.7 Å². The number of aryl methyl sites for hydroxylation is 1. The number of hydrogen-bond acceptors (Lipinski definition) is 3. The summed E-state index contributed by atoms with van der Waals surface area (Å²) in [5, 5.41) is 9.92. The summed E-state index contributed by atoms with van der Waals surface area (Å²) in [4.78, 5) is 13.8. The largest absolute Gasteiger partial charge is 0.456 e. The number of carbonyl (C=O) groups excluding carboxylic acids is 1. The lowest BCUT2D eigenvalue weighted by Crippen LogP contribution is -2.32. The first-order valence-corrected chi connectivity index (χ1v) is 7.49. The van der Waals surface area contributed by atoms with Crippen LogP contribution < -0.4 is 0 Å². The van der Waals surface area contributed by atoms with Crippen molar-refractivity contribution < 1.29 is 27.5 Å². The number of aliphatic hydroxyl groups excluding tert-OH is 1. The number of β-amino-alcohol motifs (C(OH)–C–C–N with tert-alkyl or cyclic N) is 1. The second-order valence-corrected chi connectivity index (χ2v) is 5.86. The van der Waals surface area contributed by atoms with Gasteiger partial charge in [-0.25, -0.2) is 0 Å². The topological polar surface area (TPSA) is 53.7 Å². The predicted octanol–water partition coefficient (Wildman–Crippen LogP) is 3.55. The number of aliphatic hydroxyl groups is 1. The normalized spacial score (nSPS) is 21.3. The van der Waals surface area contributed by atoms with Crippen LogP contribution in [0.5, 0.6) is 0 Å². The predicted molar refractivity (Wildman–Crippen MR) is 79.3 cm³/mol. The van der Waals surface area contributed by atoms with Gasteiger partial charge in [0.1, 0.15) is 5.76 Å². The summed E-state index contributed by atoms with van der Waals surface area (Å²) in [6, 6.07) is 7.37. The third-order valence-electron chi connectivity index (χ3n) is 4.12. The number of carbonyl (C=O) groups is 1. The molecule has 1 amide bonds. The van der Waals surface area contributed by atoms with E-state index < -0.39 is 29.8 Å². The molecule has 7 heteroatoms. The maximum atomic E-state index is 13.3. The van der Waals surface area contributed by atoms with Gasteiger partial charge < -0.3 is 14.4 Å². The molecule has 1 fully saturated rings. The molecule has 24 heavy (non-hydrogen) atoms. The molecule has 128 valence electrons. The highest BCUT2D eigenvalue weighted by Crippen LogP contribution is 2.40. The van der Waals surface area contributed by atoms with Gasteiger partial charge in [0, 0.05) is 6.54 Å². The van der Waals surface area contributed by atoms with Crippen molar-refractivity contribution in [2.75, 3.05) is 6.54 Å². The van der Waals surface area contributed by atoms with Crippen molar-refractivity contribution in [3.63, 3.8) is 0 Å². The zero-order valence-corrected chi connectivity index (χ0v) is 12.9. The van der Waals surface area contributed by atoms with E-state index in [1.807, 2.05) is 0 Å². The number of rotatable bonds is 2. The summed E-state index contributed by atoms with van der Waals surface area (Å²) < 4.78 is 45.1. The molecule has 2 atom stereocenters. The van der Waals surface area contributed by atoms with Crippen molar-refractivity contribution in [1.82, 2.24) is 4.90 Å². The fourth-order valence-electron chi connectivity index (χ4n) is 3.07. The maximum absolute atomic E-state index is 13.3. The lowest BCUT2D eigenvalue weighted by atomic mass is 9.97. The van der Waals surface area contributed by atoms with E-state index in [1.165, 1.54) is 29.2 Å². The van der Waals surface area contributed by atoms with Crippen molar-refractivity contribution in [3.8, 4) is 0 Å². The molecule has 0 spiro atoms. The first-order chi connectivity index (χ1) is 11.3. The van der Waals surface area contributed by atoms with Gasteiger partial charge in [-0.15, -0.1) is 0 Å². The van der Waals surface area contributed by atoms with Crippen LogP contribution in [0, 0.1) is 6.92 Å². The third-order valence-corrected chi connectivity index (χ3v) is 4.12. The molecule has 4 nitrogen and oxygen atoms in total. The number of benzene rings is 1. The van der Waals surface area contributed by atoms with Gasteiger partial charge in [-0.3, -0.25) is 4.79 Å². The molecular weight excluding hydrogens is 323 g/mol. The standard InChI is InChI=1S/C17H16F3NO3/c1-10-6-7-15(24-10)16(23)21-9-11(22)8-14(21)12-4-2-3-5-13(12)17(18,19)20/h2-7,11,14,22H,8-9H2,1H3/t11-,14+/m1/s1. The van der Waals surface area contributed by atoms with Gasteiger partial charge in [-0.2, -0.15) is 13.2 Å². The van der Waals surface area contributed by atoms with Crippen LogP contribution in [-0.4, -0.2) is 28.6 Å². The Hall–Kier alpha value is -2.28. The van der Waals surface area contributed by atoms with Gasteiger partial charge >= 0.3 is 6.18 Å². The molecule has 1 aromatic carbocycles. The lowest BCUT2D eigenvalue weighted by molar-refractivity contribution is -0.138. The minimum Gasteiger partial charge on any atom is -0.456 e. The van der Waals surface area contributed by atoms with E-state index >= 15 is 0 Å². The van der Waals surface area contributed by atoms with Gasteiger partial charge in [0.25, 0.3) is 5.91 Å². The van der Waals surface area contributed by atoms with Gasteiger partial charge in [-0.1, -0.05) is 18.2 Å². The van der Waals surface area contributed by atoms with E-state index in [9.17, 15) is 23.1 Å². The zero-order chi connectivity index (χ0) is 17.5. The summed E-state index contributed by atoms with van der Waals surface area (Å²) in [5.41, 5.74) is -0.810. The highest BCUT2D eigenvalue weighted by atomic mass is 19.4. The van der Waals surface area contributed by atoms with E-state index in [0.29, 0.717) is 5.76 Å². The Balaban J connectivity index is 1.99. The van der Waals surface area contributed by atoms with Gasteiger partial charge in [0.05, 0.1) is 17.7 Å². The van der Waals surface area contributed by atoms with Gasteiger partial charge in [0.15, 0.2) is 5.76 Å². The van der Waals surface area contributed by atoms with Crippen LogP contribution in [0.2, 0.25) is 0 Å². The van der Waals surface area contributed by atoms with E-state index in [-0.39, 0.29) is 24.3 Å². The molecule has 2 heterocycles. The fraction of sp³-hybridized carbons (Fsp3) is 0.353. The number of hydrogen-bond donors (Lipinski definition) is 1. The van der Waals surface area contributed by atoms with Crippen molar-refractivity contribution >= 4 is 5.91 Å². The molecule has 0 saturated carbocycles. The highest BCUT2D eigenvalue weighted by Gasteiger charge is 2.42. The van der Waals surface area contributed by atoms with Gasteiger partial charge in [-0.05, 0) is 37.1 Å². The Bertz CT molecular complexity index is 754. The molecule has 0 bridgehead atoms. The molecule has 1 aromatic heterocycles. The number of likely N-dealkylation sites (tertiary alicyclic amines) is 1. The first-order valence-electron chi connectivity index (χ1n) is 7.49. The molecule has 1 aliphatic heterocycles. The Kier molecular flexibility index (Phi) is 4.13. The second kappa shape index (κ2) is 5.98. The SMILES string of the molecule is Cc1ccc(C(=O)N2C[C@H](O)C[C@H]2c2ccccc2C(F)(F)F)o1. The average Bonchev–Trinajstić information content (AvgIpc) is 3.12. The monoisotopic (exact) mass is 339 g/mol. The zero-order valence-electron chi connectivity index (χ0n) is 12.9. The summed E-state index contributed by atoms with van der Waals surface area (Å²) in [6.07, 6.45) is -5.35. The Morgan fingerprint density at radius 1 is 1.25 bits per heavy atom. The Morgan fingerprint density at radius 3 is 2.58 bits per heavy atom. The molecule has 2 aromatic rings. The minimum atomic E-state index is -4.53. The summed E-state index contributed by atoms with van der Waals surface area (Å²) in [6.45, 7) is 1.64. The highest BCUT2D eigenvalue weighted by molar-refractivity contribution is 5.92. The van der Waals surface area contributed by atoms with Crippen molar-refractivity contribution in [3.05, 3.63) is 59.0 Å². The number of alkyl halides is 3. The van der Waals surface area contributed by atoms with E-state index in [4.69, 9.17) is 4.42 Å². The van der Waals surface area contributed by atoms with Crippen LogP contribution in [0.25, 0.3) is 0 Å². The molecule has 1 saturated heterocycles. The third kappa shape index (κ3) is 3.03. The molecule has 0 radical (unpaired) electrons. The number of amides is 1. The van der Waals surface area contributed by atoms with Crippen molar-refractivity contribution in [1.29, 1.82) is 0 Å². The molecule has 1 aliphatic rings. The minimum absolute atomic E-state index is 0.0156. The number of furan rings is 1. The average molecular weight is 339 g/mol. The first kappa shape index (κ1) is 16.6. The van der Waals surface area contributed by atoms with Gasteiger partial charge in [0.2, 0.25) is 0 Å². The number of nitrogens with zero attached hydrogens (tertiary/aromatic N) is 1. The summed E-state index contributed by atoms with van der Waals surface area (Å²) >= 11 is 0.